The molecule has 0 radical (unpaired) electrons. The van der Waals surface area contributed by atoms with Gasteiger partial charge in [-0.25, -0.2) is 0 Å². The van der Waals surface area contributed by atoms with E-state index in [4.69, 9.17) is 0 Å². The highest BCUT2D eigenvalue weighted by atomic mass is 15.1. The van der Waals surface area contributed by atoms with Crippen molar-refractivity contribution in [3.05, 3.63) is 435 Å². The molecular formula is C110H80N2. The molecule has 0 unspecified atom stereocenters. The molecule has 0 aromatic heterocycles. The van der Waals surface area contributed by atoms with Gasteiger partial charge in [0, 0.05) is 45.0 Å². The summed E-state index contributed by atoms with van der Waals surface area (Å²) in [4.78, 5) is 4.98. The molecule has 0 amide bonds. The normalized spacial score (nSPS) is 12.8. The minimum Gasteiger partial charge on any atom is -0.310 e. The second kappa shape index (κ2) is 27.6. The van der Waals surface area contributed by atoms with Gasteiger partial charge in [0.15, 0.2) is 0 Å². The molecule has 530 valence electrons. The Balaban J connectivity index is 0.695. The first-order chi connectivity index (χ1) is 55.1. The fourth-order valence-electron chi connectivity index (χ4n) is 18.2. The van der Waals surface area contributed by atoms with Gasteiger partial charge in [0.1, 0.15) is 0 Å². The second-order valence-electron chi connectivity index (χ2n) is 31.1. The summed E-state index contributed by atoms with van der Waals surface area (Å²) in [6, 6.07) is 153. The first-order valence-corrected chi connectivity index (χ1v) is 39.1. The van der Waals surface area contributed by atoms with Crippen molar-refractivity contribution in [3.63, 3.8) is 0 Å². The molecule has 0 aliphatic heterocycles. The monoisotopic (exact) mass is 1430 g/mol. The Morgan fingerprint density at radius 1 is 0.152 bits per heavy atom. The summed E-state index contributed by atoms with van der Waals surface area (Å²) >= 11 is 0. The third kappa shape index (κ3) is 11.7. The van der Waals surface area contributed by atoms with Gasteiger partial charge in [-0.3, -0.25) is 0 Å². The Bertz CT molecular complexity index is 6480. The molecule has 18 aromatic carbocycles. The van der Waals surface area contributed by atoms with Crippen LogP contribution in [0.2, 0.25) is 0 Å². The number of hydrogen-bond donors (Lipinski definition) is 0. The maximum Gasteiger partial charge on any atom is 0.0468 e. The van der Waals surface area contributed by atoms with E-state index in [2.05, 4.69) is 450 Å². The van der Waals surface area contributed by atoms with Crippen LogP contribution in [-0.4, -0.2) is 0 Å². The predicted molar refractivity (Wildman–Crippen MR) is 475 cm³/mol. The quantitative estimate of drug-likeness (QED) is 0.101. The third-order valence-electron chi connectivity index (χ3n) is 23.9. The van der Waals surface area contributed by atoms with Gasteiger partial charge in [-0.1, -0.05) is 361 Å². The van der Waals surface area contributed by atoms with Crippen molar-refractivity contribution >= 4 is 55.7 Å². The lowest BCUT2D eigenvalue weighted by Crippen LogP contribution is -2.17. The van der Waals surface area contributed by atoms with Crippen molar-refractivity contribution in [2.24, 2.45) is 0 Å². The summed E-state index contributed by atoms with van der Waals surface area (Å²) in [5.74, 6) is 0. The predicted octanol–water partition coefficient (Wildman–Crippen LogP) is 30.5. The Hall–Kier alpha value is -13.9. The molecule has 112 heavy (non-hydrogen) atoms. The van der Waals surface area contributed by atoms with Crippen molar-refractivity contribution in [3.8, 4) is 122 Å². The third-order valence-corrected chi connectivity index (χ3v) is 23.9. The number of hydrogen-bond acceptors (Lipinski definition) is 2. The highest BCUT2D eigenvalue weighted by Crippen LogP contribution is 2.55. The van der Waals surface area contributed by atoms with Gasteiger partial charge in [0.2, 0.25) is 0 Å². The molecule has 2 heteroatoms. The van der Waals surface area contributed by atoms with Crippen LogP contribution >= 0.6 is 0 Å². The van der Waals surface area contributed by atoms with Crippen LogP contribution in [0, 0.1) is 0 Å². The van der Waals surface area contributed by atoms with Crippen LogP contribution in [0.15, 0.2) is 413 Å². The highest BCUT2D eigenvalue weighted by molar-refractivity contribution is 6.05. The molecule has 0 heterocycles. The summed E-state index contributed by atoms with van der Waals surface area (Å²) in [5.41, 5.74) is 37.5. The van der Waals surface area contributed by atoms with E-state index in [1.807, 2.05) is 0 Å². The lowest BCUT2D eigenvalue weighted by Gasteiger charge is -2.30. The van der Waals surface area contributed by atoms with Gasteiger partial charge in [-0.05, 0) is 245 Å². The van der Waals surface area contributed by atoms with Crippen molar-refractivity contribution in [1.82, 2.24) is 0 Å². The number of benzene rings is 18. The van der Waals surface area contributed by atoms with E-state index in [9.17, 15) is 0 Å². The van der Waals surface area contributed by atoms with Crippen molar-refractivity contribution in [2.75, 3.05) is 9.80 Å². The molecule has 0 spiro atoms. The SMILES string of the molecule is CC1(C)c2ccccc2-c2ccc(N(c3ccc(-c4ccccc4)c(-c4ccccc4)c3)c3ccc(-c4ccccc4)c(-c4ccc(-c5ccc6c(c5)C(C)(C)c5cc(N(c7ccc(-c8cccc9ccccc89)c(-c8ccccc8)c7)c7ccc(-c8cccc9ccccc89)c(-c8ccccc8)c7)ccc5-6)cc4)c3)cc21. The number of anilines is 6. The molecule has 2 aliphatic rings. The summed E-state index contributed by atoms with van der Waals surface area (Å²) in [7, 11) is 0. The molecular weight excluding hydrogens is 1350 g/mol. The van der Waals surface area contributed by atoms with Gasteiger partial charge in [-0.2, -0.15) is 0 Å². The molecule has 20 rings (SSSR count). The average molecular weight is 1430 g/mol. The largest absolute Gasteiger partial charge is 0.310 e. The number of nitrogens with zero attached hydrogens (tertiary/aromatic N) is 2. The van der Waals surface area contributed by atoms with Gasteiger partial charge in [0.25, 0.3) is 0 Å². The Kier molecular flexibility index (Phi) is 16.6. The zero-order valence-electron chi connectivity index (χ0n) is 63.2. The maximum atomic E-state index is 2.50. The van der Waals surface area contributed by atoms with E-state index in [0.717, 1.165) is 56.4 Å². The Morgan fingerprint density at radius 2 is 0.411 bits per heavy atom. The number of rotatable bonds is 15. The summed E-state index contributed by atoms with van der Waals surface area (Å²) in [6.45, 7) is 9.59. The van der Waals surface area contributed by atoms with Gasteiger partial charge in [0.05, 0.1) is 0 Å². The maximum absolute atomic E-state index is 2.50. The van der Waals surface area contributed by atoms with Crippen LogP contribution < -0.4 is 9.80 Å². The van der Waals surface area contributed by atoms with Crippen molar-refractivity contribution in [2.45, 2.75) is 38.5 Å². The fourth-order valence-corrected chi connectivity index (χ4v) is 18.2. The molecule has 0 bridgehead atoms. The second-order valence-corrected chi connectivity index (χ2v) is 31.1. The van der Waals surface area contributed by atoms with Crippen LogP contribution in [-0.2, 0) is 10.8 Å². The average Bonchev–Trinajstić information content (AvgIpc) is 1.56. The molecule has 2 nitrogen and oxygen atoms in total. The minimum absolute atomic E-state index is 0.195. The van der Waals surface area contributed by atoms with Crippen molar-refractivity contribution < 1.29 is 0 Å². The van der Waals surface area contributed by atoms with Crippen LogP contribution in [0.1, 0.15) is 49.9 Å². The molecule has 2 aliphatic carbocycles. The lowest BCUT2D eigenvalue weighted by molar-refractivity contribution is 0.660. The van der Waals surface area contributed by atoms with E-state index in [1.54, 1.807) is 0 Å². The fraction of sp³-hybridized carbons (Fsp3) is 0.0545. The van der Waals surface area contributed by atoms with Crippen LogP contribution in [0.5, 0.6) is 0 Å². The highest BCUT2D eigenvalue weighted by Gasteiger charge is 2.38. The van der Waals surface area contributed by atoms with E-state index < -0.39 is 0 Å². The molecule has 0 atom stereocenters. The van der Waals surface area contributed by atoms with Crippen molar-refractivity contribution in [1.29, 1.82) is 0 Å². The summed E-state index contributed by atoms with van der Waals surface area (Å²) in [6.07, 6.45) is 0. The van der Waals surface area contributed by atoms with E-state index in [0.29, 0.717) is 0 Å². The van der Waals surface area contributed by atoms with Gasteiger partial charge >= 0.3 is 0 Å². The van der Waals surface area contributed by atoms with Gasteiger partial charge < -0.3 is 9.80 Å². The van der Waals surface area contributed by atoms with Crippen LogP contribution in [0.3, 0.4) is 0 Å². The minimum atomic E-state index is -0.359. The first kappa shape index (κ1) is 67.4. The zero-order valence-corrected chi connectivity index (χ0v) is 63.2. The molecule has 0 N–H and O–H groups in total. The Morgan fingerprint density at radius 3 is 0.830 bits per heavy atom. The molecule has 0 saturated heterocycles. The molecule has 0 fully saturated rings. The zero-order chi connectivity index (χ0) is 75.0. The molecule has 0 saturated carbocycles. The van der Waals surface area contributed by atoms with E-state index in [-0.39, 0.29) is 10.8 Å². The van der Waals surface area contributed by atoms with Crippen LogP contribution in [0.4, 0.5) is 34.1 Å². The van der Waals surface area contributed by atoms with Gasteiger partial charge in [-0.15, -0.1) is 0 Å². The lowest BCUT2D eigenvalue weighted by atomic mass is 9.81. The van der Waals surface area contributed by atoms with Crippen LogP contribution in [0.25, 0.3) is 144 Å². The van der Waals surface area contributed by atoms with E-state index >= 15 is 0 Å². The first-order valence-electron chi connectivity index (χ1n) is 39.1. The standard InChI is InChI=1S/C110H80N2/c1-109(2)105-47-25-24-44-97(105)99-64-57-87(71-107(99)109)111(83-53-60-91(74-28-10-5-11-29-74)101(67-83)78-32-14-7-15-33-78)84-54-61-92(75-30-12-6-13-31-75)102(68-84)81-50-48-73(49-51-81)82-52-59-98-100-65-58-88(72-108(100)110(3,4)106(98)66-82)112(85-55-62-95(103(69-85)79-34-16-8-17-35-79)93-45-26-40-76-38-20-22-42-89(76)93)86-56-63-96(104(70-86)80-36-18-9-19-37-80)94-46-27-41-77-39-21-23-43-90(77)94/h5-72H,1-4H3. The topological polar surface area (TPSA) is 6.48 Å². The molecule has 18 aromatic rings. The number of fused-ring (bicyclic) bond motifs is 8. The Labute approximate surface area is 656 Å². The summed E-state index contributed by atoms with van der Waals surface area (Å²) < 4.78 is 0. The smallest absolute Gasteiger partial charge is 0.0468 e. The summed E-state index contributed by atoms with van der Waals surface area (Å²) in [5, 5.41) is 4.90. The van der Waals surface area contributed by atoms with E-state index in [1.165, 1.54) is 144 Å².